The van der Waals surface area contributed by atoms with Crippen molar-refractivity contribution in [1.82, 2.24) is 15.2 Å². The number of hydrogen-bond donors (Lipinski definition) is 1. The first-order valence-corrected chi connectivity index (χ1v) is 10.3. The molecule has 6 heteroatoms. The Bertz CT molecular complexity index is 948. The number of carbonyl (C=O) groups is 2. The van der Waals surface area contributed by atoms with Crippen molar-refractivity contribution in [2.45, 2.75) is 33.1 Å². The topological polar surface area (TPSA) is 65.5 Å². The highest BCUT2D eigenvalue weighted by molar-refractivity contribution is 5.96. The zero-order valence-electron chi connectivity index (χ0n) is 17.4. The SMILES string of the molecule is Cc1cnc(N2CCN(C(=O)c3ccc(C4CCNC4=O)cc3C)CC2)c(C)c1. The smallest absolute Gasteiger partial charge is 0.254 e. The largest absolute Gasteiger partial charge is 0.356 e. The second-order valence-corrected chi connectivity index (χ2v) is 8.14. The van der Waals surface area contributed by atoms with Gasteiger partial charge in [-0.25, -0.2) is 4.98 Å². The number of amides is 2. The molecule has 2 fully saturated rings. The lowest BCUT2D eigenvalue weighted by Gasteiger charge is -2.36. The second-order valence-electron chi connectivity index (χ2n) is 8.14. The molecule has 2 aliphatic heterocycles. The number of aryl methyl sites for hydroxylation is 3. The summed E-state index contributed by atoms with van der Waals surface area (Å²) in [5, 5.41) is 2.88. The van der Waals surface area contributed by atoms with Gasteiger partial charge in [0.1, 0.15) is 5.82 Å². The van der Waals surface area contributed by atoms with Gasteiger partial charge in [0, 0.05) is 44.5 Å². The summed E-state index contributed by atoms with van der Waals surface area (Å²) >= 11 is 0. The van der Waals surface area contributed by atoms with Gasteiger partial charge < -0.3 is 15.1 Å². The highest BCUT2D eigenvalue weighted by Crippen LogP contribution is 2.26. The molecular weight excluding hydrogens is 364 g/mol. The van der Waals surface area contributed by atoms with Crippen molar-refractivity contribution in [1.29, 1.82) is 0 Å². The Kier molecular flexibility index (Phi) is 5.26. The number of rotatable bonds is 3. The molecule has 2 saturated heterocycles. The molecule has 0 saturated carbocycles. The van der Waals surface area contributed by atoms with E-state index < -0.39 is 0 Å². The Morgan fingerprint density at radius 2 is 1.83 bits per heavy atom. The molecule has 3 heterocycles. The molecule has 0 bridgehead atoms. The number of pyridine rings is 1. The normalized spacial score (nSPS) is 19.4. The van der Waals surface area contributed by atoms with Gasteiger partial charge in [0.15, 0.2) is 0 Å². The van der Waals surface area contributed by atoms with Gasteiger partial charge in [-0.3, -0.25) is 9.59 Å². The molecule has 1 aromatic carbocycles. The minimum absolute atomic E-state index is 0.0677. The van der Waals surface area contributed by atoms with Crippen LogP contribution in [0, 0.1) is 20.8 Å². The summed E-state index contributed by atoms with van der Waals surface area (Å²) in [5.41, 5.74) is 5.00. The Hall–Kier alpha value is -2.89. The van der Waals surface area contributed by atoms with E-state index in [9.17, 15) is 9.59 Å². The molecule has 4 rings (SSSR count). The van der Waals surface area contributed by atoms with Crippen molar-refractivity contribution >= 4 is 17.6 Å². The van der Waals surface area contributed by atoms with Crippen molar-refractivity contribution in [3.05, 3.63) is 58.3 Å². The van der Waals surface area contributed by atoms with E-state index in [1.54, 1.807) is 0 Å². The number of nitrogens with zero attached hydrogens (tertiary/aromatic N) is 3. The van der Waals surface area contributed by atoms with Crippen LogP contribution in [0.1, 0.15) is 45.0 Å². The van der Waals surface area contributed by atoms with Crippen molar-refractivity contribution in [3.63, 3.8) is 0 Å². The van der Waals surface area contributed by atoms with Gasteiger partial charge in [-0.1, -0.05) is 18.2 Å². The number of hydrogen-bond acceptors (Lipinski definition) is 4. The summed E-state index contributed by atoms with van der Waals surface area (Å²) in [7, 11) is 0. The van der Waals surface area contributed by atoms with Crippen LogP contribution >= 0.6 is 0 Å². The quantitative estimate of drug-likeness (QED) is 0.872. The van der Waals surface area contributed by atoms with Crippen molar-refractivity contribution in [2.24, 2.45) is 0 Å². The molecule has 0 aliphatic carbocycles. The highest BCUT2D eigenvalue weighted by atomic mass is 16.2. The van der Waals surface area contributed by atoms with Crippen LogP contribution in [0.5, 0.6) is 0 Å². The molecule has 1 unspecified atom stereocenters. The predicted octanol–water partition coefficient (Wildman–Crippen LogP) is 2.57. The molecule has 6 nitrogen and oxygen atoms in total. The molecule has 2 aromatic rings. The first-order chi connectivity index (χ1) is 13.9. The molecule has 2 aliphatic rings. The molecule has 0 radical (unpaired) electrons. The maximum absolute atomic E-state index is 13.1. The van der Waals surface area contributed by atoms with Crippen molar-refractivity contribution in [3.8, 4) is 0 Å². The van der Waals surface area contributed by atoms with E-state index in [1.807, 2.05) is 43.1 Å². The second kappa shape index (κ2) is 7.85. The number of carbonyl (C=O) groups excluding carboxylic acids is 2. The van der Waals surface area contributed by atoms with E-state index in [2.05, 4.69) is 28.2 Å². The number of benzene rings is 1. The number of nitrogens with one attached hydrogen (secondary N) is 1. The van der Waals surface area contributed by atoms with E-state index in [0.717, 1.165) is 54.1 Å². The van der Waals surface area contributed by atoms with Gasteiger partial charge in [0.05, 0.1) is 5.92 Å². The van der Waals surface area contributed by atoms with Crippen LogP contribution in [0.25, 0.3) is 0 Å². The van der Waals surface area contributed by atoms with Crippen LogP contribution in [0.3, 0.4) is 0 Å². The number of anilines is 1. The average molecular weight is 393 g/mol. The number of piperazine rings is 1. The van der Waals surface area contributed by atoms with Gasteiger partial charge in [-0.2, -0.15) is 0 Å². The van der Waals surface area contributed by atoms with Crippen LogP contribution in [-0.2, 0) is 4.79 Å². The summed E-state index contributed by atoms with van der Waals surface area (Å²) in [4.78, 5) is 33.8. The van der Waals surface area contributed by atoms with E-state index in [-0.39, 0.29) is 17.7 Å². The summed E-state index contributed by atoms with van der Waals surface area (Å²) in [6.45, 7) is 9.74. The Labute approximate surface area is 171 Å². The molecule has 1 N–H and O–H groups in total. The zero-order chi connectivity index (χ0) is 20.5. The lowest BCUT2D eigenvalue weighted by atomic mass is 9.94. The van der Waals surface area contributed by atoms with Crippen LogP contribution in [0.2, 0.25) is 0 Å². The fraction of sp³-hybridized carbons (Fsp3) is 0.435. The first-order valence-electron chi connectivity index (χ1n) is 10.3. The summed E-state index contributed by atoms with van der Waals surface area (Å²) in [6.07, 6.45) is 2.72. The minimum atomic E-state index is -0.0911. The lowest BCUT2D eigenvalue weighted by Crippen LogP contribution is -2.49. The van der Waals surface area contributed by atoms with Gasteiger partial charge in [-0.15, -0.1) is 0 Å². The Balaban J connectivity index is 1.43. The molecular formula is C23H28N4O2. The highest BCUT2D eigenvalue weighted by Gasteiger charge is 2.28. The number of aromatic nitrogens is 1. The molecule has 1 aromatic heterocycles. The van der Waals surface area contributed by atoms with Crippen molar-refractivity contribution < 1.29 is 9.59 Å². The van der Waals surface area contributed by atoms with E-state index in [4.69, 9.17) is 0 Å². The Morgan fingerprint density at radius 1 is 1.07 bits per heavy atom. The standard InChI is InChI=1S/C23H28N4O2/c1-15-12-17(3)21(25-14-15)26-8-10-27(11-9-26)23(29)19-5-4-18(13-16(19)2)20-6-7-24-22(20)28/h4-5,12-14,20H,6-11H2,1-3H3,(H,24,28). The third-order valence-electron chi connectivity index (χ3n) is 5.99. The van der Waals surface area contributed by atoms with Gasteiger partial charge in [0.25, 0.3) is 5.91 Å². The fourth-order valence-corrected chi connectivity index (χ4v) is 4.39. The molecule has 1 atom stereocenters. The van der Waals surface area contributed by atoms with Crippen LogP contribution < -0.4 is 10.2 Å². The fourth-order valence-electron chi connectivity index (χ4n) is 4.39. The third-order valence-corrected chi connectivity index (χ3v) is 5.99. The van der Waals surface area contributed by atoms with E-state index in [1.165, 1.54) is 5.56 Å². The van der Waals surface area contributed by atoms with Gasteiger partial charge in [-0.05, 0) is 55.5 Å². The predicted molar refractivity (Wildman–Crippen MR) is 113 cm³/mol. The first kappa shape index (κ1) is 19.4. The van der Waals surface area contributed by atoms with Crippen LogP contribution in [0.4, 0.5) is 5.82 Å². The van der Waals surface area contributed by atoms with E-state index in [0.29, 0.717) is 13.1 Å². The van der Waals surface area contributed by atoms with E-state index >= 15 is 0 Å². The average Bonchev–Trinajstić information content (AvgIpc) is 3.13. The van der Waals surface area contributed by atoms with Gasteiger partial charge in [0.2, 0.25) is 5.91 Å². The van der Waals surface area contributed by atoms with Crippen LogP contribution in [-0.4, -0.2) is 54.4 Å². The summed E-state index contributed by atoms with van der Waals surface area (Å²) in [5.74, 6) is 1.07. The van der Waals surface area contributed by atoms with Crippen LogP contribution in [0.15, 0.2) is 30.5 Å². The molecule has 0 spiro atoms. The maximum atomic E-state index is 13.1. The third kappa shape index (κ3) is 3.84. The molecule has 2 amide bonds. The van der Waals surface area contributed by atoms with Gasteiger partial charge >= 0.3 is 0 Å². The Morgan fingerprint density at radius 3 is 2.45 bits per heavy atom. The molecule has 152 valence electrons. The maximum Gasteiger partial charge on any atom is 0.254 e. The minimum Gasteiger partial charge on any atom is -0.356 e. The zero-order valence-corrected chi connectivity index (χ0v) is 17.4. The monoisotopic (exact) mass is 392 g/mol. The summed E-state index contributed by atoms with van der Waals surface area (Å²) in [6, 6.07) is 7.97. The van der Waals surface area contributed by atoms with Crippen molar-refractivity contribution in [2.75, 3.05) is 37.6 Å². The summed E-state index contributed by atoms with van der Waals surface area (Å²) < 4.78 is 0. The molecule has 29 heavy (non-hydrogen) atoms. The lowest BCUT2D eigenvalue weighted by molar-refractivity contribution is -0.120.